The number of rotatable bonds is 4. The van der Waals surface area contributed by atoms with E-state index >= 15 is 0 Å². The van der Waals surface area contributed by atoms with Crippen LogP contribution in [-0.4, -0.2) is 0 Å². The average molecular weight is 225 g/mol. The molecule has 2 N–H and O–H groups in total. The lowest BCUT2D eigenvalue weighted by Gasteiger charge is -2.12. The Kier molecular flexibility index (Phi) is 3.81. The molecule has 1 heteroatoms. The Hall–Kier alpha value is -1.76. The van der Waals surface area contributed by atoms with Gasteiger partial charge in [-0.1, -0.05) is 55.5 Å². The molecular weight excluding hydrogens is 206 g/mol. The molecular formula is C16H19N. The van der Waals surface area contributed by atoms with Crippen LogP contribution in [0, 0.1) is 0 Å². The van der Waals surface area contributed by atoms with E-state index in [2.05, 4.69) is 49.4 Å². The van der Waals surface area contributed by atoms with Gasteiger partial charge in [-0.15, -0.1) is 0 Å². The van der Waals surface area contributed by atoms with Crippen molar-refractivity contribution >= 4 is 5.69 Å². The Morgan fingerprint density at radius 3 is 2.29 bits per heavy atom. The van der Waals surface area contributed by atoms with Gasteiger partial charge in [0.15, 0.2) is 0 Å². The molecule has 0 bridgehead atoms. The van der Waals surface area contributed by atoms with Crippen molar-refractivity contribution in [3.63, 3.8) is 0 Å². The molecule has 0 aliphatic heterocycles. The number of hydrogen-bond donors (Lipinski definition) is 1. The lowest BCUT2D eigenvalue weighted by Crippen LogP contribution is -1.99. The Balaban J connectivity index is 1.97. The molecule has 0 amide bonds. The molecule has 0 aliphatic rings. The van der Waals surface area contributed by atoms with Crippen LogP contribution in [0.15, 0.2) is 54.6 Å². The predicted molar refractivity (Wildman–Crippen MR) is 74.0 cm³/mol. The number of para-hydroxylation sites is 1. The van der Waals surface area contributed by atoms with Gasteiger partial charge in [0, 0.05) is 5.69 Å². The van der Waals surface area contributed by atoms with E-state index in [0.29, 0.717) is 5.92 Å². The molecule has 0 radical (unpaired) electrons. The smallest absolute Gasteiger partial charge is 0.0346 e. The second-order valence-electron chi connectivity index (χ2n) is 4.55. The number of benzene rings is 2. The van der Waals surface area contributed by atoms with Crippen LogP contribution >= 0.6 is 0 Å². The van der Waals surface area contributed by atoms with Crippen LogP contribution in [0.3, 0.4) is 0 Å². The van der Waals surface area contributed by atoms with E-state index in [1.165, 1.54) is 11.1 Å². The van der Waals surface area contributed by atoms with E-state index in [4.69, 9.17) is 5.73 Å². The summed E-state index contributed by atoms with van der Waals surface area (Å²) >= 11 is 0. The highest BCUT2D eigenvalue weighted by molar-refractivity contribution is 5.46. The normalized spacial score (nSPS) is 12.3. The first-order valence-corrected chi connectivity index (χ1v) is 6.15. The van der Waals surface area contributed by atoms with Crippen molar-refractivity contribution < 1.29 is 0 Å². The fraction of sp³-hybridized carbons (Fsp3) is 0.250. The molecule has 1 unspecified atom stereocenters. The van der Waals surface area contributed by atoms with Crippen molar-refractivity contribution in [2.24, 2.45) is 0 Å². The van der Waals surface area contributed by atoms with Gasteiger partial charge in [0.25, 0.3) is 0 Å². The van der Waals surface area contributed by atoms with Crippen LogP contribution in [0.2, 0.25) is 0 Å². The minimum atomic E-state index is 0.579. The molecule has 17 heavy (non-hydrogen) atoms. The quantitative estimate of drug-likeness (QED) is 0.782. The molecule has 2 aromatic carbocycles. The van der Waals surface area contributed by atoms with Crippen molar-refractivity contribution in [3.8, 4) is 0 Å². The summed E-state index contributed by atoms with van der Waals surface area (Å²) in [6.45, 7) is 2.27. The highest BCUT2D eigenvalue weighted by atomic mass is 14.6. The Labute approximate surface area is 103 Å². The number of anilines is 1. The molecule has 88 valence electrons. The highest BCUT2D eigenvalue weighted by Crippen LogP contribution is 2.22. The summed E-state index contributed by atoms with van der Waals surface area (Å²) in [5.74, 6) is 0.579. The lowest BCUT2D eigenvalue weighted by atomic mass is 9.94. The molecule has 0 spiro atoms. The second kappa shape index (κ2) is 5.53. The standard InChI is InChI=1S/C16H19N/c1-13(14-7-3-2-4-8-14)11-12-15-9-5-6-10-16(15)17/h2-10,13H,11-12,17H2,1H3. The average Bonchev–Trinajstić information content (AvgIpc) is 2.38. The summed E-state index contributed by atoms with van der Waals surface area (Å²) in [5, 5.41) is 0. The van der Waals surface area contributed by atoms with E-state index in [-0.39, 0.29) is 0 Å². The van der Waals surface area contributed by atoms with Crippen molar-refractivity contribution in [2.45, 2.75) is 25.7 Å². The van der Waals surface area contributed by atoms with Crippen molar-refractivity contribution in [3.05, 3.63) is 65.7 Å². The van der Waals surface area contributed by atoms with Gasteiger partial charge in [-0.05, 0) is 36.0 Å². The number of aryl methyl sites for hydroxylation is 1. The first-order valence-electron chi connectivity index (χ1n) is 6.15. The monoisotopic (exact) mass is 225 g/mol. The van der Waals surface area contributed by atoms with Gasteiger partial charge >= 0.3 is 0 Å². The lowest BCUT2D eigenvalue weighted by molar-refractivity contribution is 0.680. The molecule has 2 aromatic rings. The SMILES string of the molecule is CC(CCc1ccccc1N)c1ccccc1. The molecule has 0 aliphatic carbocycles. The van der Waals surface area contributed by atoms with Gasteiger partial charge < -0.3 is 5.73 Å². The van der Waals surface area contributed by atoms with Crippen LogP contribution < -0.4 is 5.73 Å². The van der Waals surface area contributed by atoms with Gasteiger partial charge in [-0.2, -0.15) is 0 Å². The summed E-state index contributed by atoms with van der Waals surface area (Å²) < 4.78 is 0. The zero-order valence-corrected chi connectivity index (χ0v) is 10.3. The topological polar surface area (TPSA) is 26.0 Å². The third-order valence-electron chi connectivity index (χ3n) is 3.27. The maximum absolute atomic E-state index is 5.95. The minimum Gasteiger partial charge on any atom is -0.399 e. The molecule has 1 atom stereocenters. The van der Waals surface area contributed by atoms with Gasteiger partial charge in [-0.25, -0.2) is 0 Å². The minimum absolute atomic E-state index is 0.579. The summed E-state index contributed by atoms with van der Waals surface area (Å²) in [7, 11) is 0. The fourth-order valence-corrected chi connectivity index (χ4v) is 2.08. The van der Waals surface area contributed by atoms with E-state index in [1.807, 2.05) is 12.1 Å². The third kappa shape index (κ3) is 3.10. The second-order valence-corrected chi connectivity index (χ2v) is 4.55. The van der Waals surface area contributed by atoms with Gasteiger partial charge in [0.05, 0.1) is 0 Å². The Morgan fingerprint density at radius 2 is 1.59 bits per heavy atom. The van der Waals surface area contributed by atoms with E-state index in [1.54, 1.807) is 0 Å². The van der Waals surface area contributed by atoms with Crippen molar-refractivity contribution in [1.29, 1.82) is 0 Å². The Morgan fingerprint density at radius 1 is 0.941 bits per heavy atom. The maximum Gasteiger partial charge on any atom is 0.0346 e. The molecule has 1 nitrogen and oxygen atoms in total. The van der Waals surface area contributed by atoms with Crippen LogP contribution in [0.5, 0.6) is 0 Å². The van der Waals surface area contributed by atoms with Gasteiger partial charge in [-0.3, -0.25) is 0 Å². The summed E-state index contributed by atoms with van der Waals surface area (Å²) in [6.07, 6.45) is 2.18. The highest BCUT2D eigenvalue weighted by Gasteiger charge is 2.06. The maximum atomic E-state index is 5.95. The molecule has 0 heterocycles. The molecule has 0 saturated carbocycles. The molecule has 0 fully saturated rings. The largest absolute Gasteiger partial charge is 0.399 e. The van der Waals surface area contributed by atoms with Crippen molar-refractivity contribution in [2.75, 3.05) is 5.73 Å². The summed E-state index contributed by atoms with van der Waals surface area (Å²) in [4.78, 5) is 0. The van der Waals surface area contributed by atoms with E-state index in [0.717, 1.165) is 18.5 Å². The van der Waals surface area contributed by atoms with Crippen molar-refractivity contribution in [1.82, 2.24) is 0 Å². The van der Waals surface area contributed by atoms with Crippen LogP contribution in [-0.2, 0) is 6.42 Å². The first-order chi connectivity index (χ1) is 8.27. The number of nitrogens with two attached hydrogens (primary N) is 1. The Bertz CT molecular complexity index is 462. The van der Waals surface area contributed by atoms with Gasteiger partial charge in [0.1, 0.15) is 0 Å². The van der Waals surface area contributed by atoms with Crippen LogP contribution in [0.25, 0.3) is 0 Å². The number of hydrogen-bond acceptors (Lipinski definition) is 1. The number of nitrogen functional groups attached to an aromatic ring is 1. The van der Waals surface area contributed by atoms with E-state index < -0.39 is 0 Å². The zero-order valence-electron chi connectivity index (χ0n) is 10.3. The zero-order chi connectivity index (χ0) is 12.1. The van der Waals surface area contributed by atoms with Crippen LogP contribution in [0.4, 0.5) is 5.69 Å². The van der Waals surface area contributed by atoms with Crippen LogP contribution in [0.1, 0.15) is 30.4 Å². The van der Waals surface area contributed by atoms with E-state index in [9.17, 15) is 0 Å². The molecule has 2 rings (SSSR count). The van der Waals surface area contributed by atoms with Gasteiger partial charge in [0.2, 0.25) is 0 Å². The first kappa shape index (κ1) is 11.7. The summed E-state index contributed by atoms with van der Waals surface area (Å²) in [6, 6.07) is 18.8. The fourth-order valence-electron chi connectivity index (χ4n) is 2.08. The summed E-state index contributed by atoms with van der Waals surface area (Å²) in [5.41, 5.74) is 9.52. The predicted octanol–water partition coefficient (Wildman–Crippen LogP) is 4.01. The molecule has 0 aromatic heterocycles. The third-order valence-corrected chi connectivity index (χ3v) is 3.27. The molecule has 0 saturated heterocycles.